The standard InChI is InChI=1S/C16H22ClN3O2/c1-3-5-6-14(4-2)19-20-15(21)11-18-16(22)12-7-9-13(17)10-8-12/h7-10H,3-6,11H2,1-2H3,(H,18,22)(H,20,21)/b19-14+. The Hall–Kier alpha value is -1.88. The van der Waals surface area contributed by atoms with Crippen LogP contribution in [0.2, 0.25) is 5.02 Å². The number of hydrogen-bond donors (Lipinski definition) is 2. The minimum absolute atomic E-state index is 0.115. The van der Waals surface area contributed by atoms with Gasteiger partial charge in [0.25, 0.3) is 11.8 Å². The minimum atomic E-state index is -0.343. The normalized spacial score (nSPS) is 11.1. The number of benzene rings is 1. The summed E-state index contributed by atoms with van der Waals surface area (Å²) in [6.07, 6.45) is 3.82. The van der Waals surface area contributed by atoms with E-state index >= 15 is 0 Å². The van der Waals surface area contributed by atoms with E-state index in [-0.39, 0.29) is 18.4 Å². The summed E-state index contributed by atoms with van der Waals surface area (Å²) in [6.45, 7) is 4.00. The van der Waals surface area contributed by atoms with E-state index in [0.717, 1.165) is 31.4 Å². The van der Waals surface area contributed by atoms with Crippen LogP contribution >= 0.6 is 11.6 Å². The number of carbonyl (C=O) groups is 2. The number of hydrazone groups is 1. The van der Waals surface area contributed by atoms with E-state index in [1.54, 1.807) is 24.3 Å². The maximum absolute atomic E-state index is 11.8. The highest BCUT2D eigenvalue weighted by Gasteiger charge is 2.07. The van der Waals surface area contributed by atoms with E-state index in [1.807, 2.05) is 6.92 Å². The maximum Gasteiger partial charge on any atom is 0.259 e. The van der Waals surface area contributed by atoms with Crippen molar-refractivity contribution in [2.45, 2.75) is 39.5 Å². The van der Waals surface area contributed by atoms with Gasteiger partial charge in [-0.1, -0.05) is 31.9 Å². The SMILES string of the molecule is CCCC/C(CC)=N/NC(=O)CNC(=O)c1ccc(Cl)cc1. The third-order valence-electron chi connectivity index (χ3n) is 3.08. The lowest BCUT2D eigenvalue weighted by molar-refractivity contribution is -0.120. The summed E-state index contributed by atoms with van der Waals surface area (Å²) in [5.74, 6) is -0.665. The molecule has 2 amide bonds. The van der Waals surface area contributed by atoms with Crippen LogP contribution in [0.1, 0.15) is 49.9 Å². The van der Waals surface area contributed by atoms with E-state index < -0.39 is 0 Å². The van der Waals surface area contributed by atoms with E-state index in [0.29, 0.717) is 10.6 Å². The molecule has 1 aromatic carbocycles. The second kappa shape index (κ2) is 9.95. The van der Waals surface area contributed by atoms with Crippen molar-refractivity contribution < 1.29 is 9.59 Å². The minimum Gasteiger partial charge on any atom is -0.343 e. The van der Waals surface area contributed by atoms with Crippen molar-refractivity contribution in [2.24, 2.45) is 5.10 Å². The zero-order chi connectivity index (χ0) is 16.4. The van der Waals surface area contributed by atoms with Gasteiger partial charge in [-0.2, -0.15) is 5.10 Å². The molecule has 6 heteroatoms. The Morgan fingerprint density at radius 1 is 1.18 bits per heavy atom. The molecule has 1 aromatic rings. The molecular formula is C16H22ClN3O2. The van der Waals surface area contributed by atoms with E-state index in [9.17, 15) is 9.59 Å². The van der Waals surface area contributed by atoms with Crippen LogP contribution in [0.4, 0.5) is 0 Å². The number of unbranched alkanes of at least 4 members (excludes halogenated alkanes) is 1. The Bertz CT molecular complexity index is 527. The molecule has 0 aliphatic carbocycles. The molecule has 2 N–H and O–H groups in total. The maximum atomic E-state index is 11.8. The molecule has 0 aromatic heterocycles. The summed E-state index contributed by atoms with van der Waals surface area (Å²) in [5, 5.41) is 7.19. The van der Waals surface area contributed by atoms with Crippen molar-refractivity contribution >= 4 is 29.1 Å². The molecule has 0 heterocycles. The van der Waals surface area contributed by atoms with Crippen LogP contribution in [0.15, 0.2) is 29.4 Å². The van der Waals surface area contributed by atoms with E-state index in [1.165, 1.54) is 0 Å². The van der Waals surface area contributed by atoms with Gasteiger partial charge in [0.15, 0.2) is 0 Å². The summed E-state index contributed by atoms with van der Waals surface area (Å²) in [4.78, 5) is 23.5. The second-order valence-corrected chi connectivity index (χ2v) is 5.30. The van der Waals surface area contributed by atoms with Gasteiger partial charge in [-0.05, 0) is 43.5 Å². The van der Waals surface area contributed by atoms with E-state index in [2.05, 4.69) is 22.8 Å². The Morgan fingerprint density at radius 2 is 1.86 bits per heavy atom. The van der Waals surface area contributed by atoms with Gasteiger partial charge in [-0.25, -0.2) is 5.43 Å². The first-order valence-corrected chi connectivity index (χ1v) is 7.82. The highest BCUT2D eigenvalue weighted by molar-refractivity contribution is 6.30. The molecular weight excluding hydrogens is 302 g/mol. The fraction of sp³-hybridized carbons (Fsp3) is 0.438. The number of nitrogens with zero attached hydrogens (tertiary/aromatic N) is 1. The summed E-state index contributed by atoms with van der Waals surface area (Å²) < 4.78 is 0. The fourth-order valence-corrected chi connectivity index (χ4v) is 1.86. The average molecular weight is 324 g/mol. The lowest BCUT2D eigenvalue weighted by Crippen LogP contribution is -2.35. The third-order valence-corrected chi connectivity index (χ3v) is 3.33. The molecule has 0 saturated heterocycles. The Morgan fingerprint density at radius 3 is 2.45 bits per heavy atom. The third kappa shape index (κ3) is 6.72. The molecule has 0 atom stereocenters. The first-order chi connectivity index (χ1) is 10.6. The van der Waals surface area contributed by atoms with Crippen LogP contribution in [-0.4, -0.2) is 24.1 Å². The number of carbonyl (C=O) groups excluding carboxylic acids is 2. The summed E-state index contributed by atoms with van der Waals surface area (Å²) in [6, 6.07) is 6.46. The van der Waals surface area contributed by atoms with Gasteiger partial charge in [0, 0.05) is 16.3 Å². The molecule has 1 rings (SSSR count). The van der Waals surface area contributed by atoms with Crippen molar-refractivity contribution in [3.05, 3.63) is 34.9 Å². The number of hydrogen-bond acceptors (Lipinski definition) is 3. The van der Waals surface area contributed by atoms with Gasteiger partial charge in [-0.15, -0.1) is 0 Å². The zero-order valence-corrected chi connectivity index (χ0v) is 13.7. The van der Waals surface area contributed by atoms with Crippen LogP contribution in [-0.2, 0) is 4.79 Å². The molecule has 0 aliphatic rings. The molecule has 0 aliphatic heterocycles. The summed E-state index contributed by atoms with van der Waals surface area (Å²) >= 11 is 5.75. The molecule has 120 valence electrons. The van der Waals surface area contributed by atoms with Gasteiger partial charge in [-0.3, -0.25) is 9.59 Å². The number of amides is 2. The van der Waals surface area contributed by atoms with Crippen molar-refractivity contribution in [2.75, 3.05) is 6.54 Å². The lowest BCUT2D eigenvalue weighted by Gasteiger charge is -2.06. The molecule has 5 nitrogen and oxygen atoms in total. The Balaban J connectivity index is 2.40. The van der Waals surface area contributed by atoms with Crippen LogP contribution in [0.5, 0.6) is 0 Å². The van der Waals surface area contributed by atoms with Crippen LogP contribution in [0.3, 0.4) is 0 Å². The number of halogens is 1. The smallest absolute Gasteiger partial charge is 0.259 e. The molecule has 0 spiro atoms. The van der Waals surface area contributed by atoms with Crippen LogP contribution in [0.25, 0.3) is 0 Å². The predicted molar refractivity (Wildman–Crippen MR) is 89.2 cm³/mol. The first kappa shape index (κ1) is 18.2. The predicted octanol–water partition coefficient (Wildman–Crippen LogP) is 3.14. The fourth-order valence-electron chi connectivity index (χ4n) is 1.74. The Labute approximate surface area is 136 Å². The van der Waals surface area contributed by atoms with Crippen LogP contribution < -0.4 is 10.7 Å². The van der Waals surface area contributed by atoms with Crippen molar-refractivity contribution in [3.8, 4) is 0 Å². The van der Waals surface area contributed by atoms with Gasteiger partial charge in [0.2, 0.25) is 0 Å². The molecule has 0 bridgehead atoms. The lowest BCUT2D eigenvalue weighted by atomic mass is 10.1. The van der Waals surface area contributed by atoms with Crippen molar-refractivity contribution in [3.63, 3.8) is 0 Å². The van der Waals surface area contributed by atoms with Gasteiger partial charge in [0.05, 0.1) is 6.54 Å². The van der Waals surface area contributed by atoms with E-state index in [4.69, 9.17) is 11.6 Å². The Kier molecular flexibility index (Phi) is 8.22. The van der Waals surface area contributed by atoms with Crippen LogP contribution in [0, 0.1) is 0 Å². The summed E-state index contributed by atoms with van der Waals surface area (Å²) in [7, 11) is 0. The molecule has 22 heavy (non-hydrogen) atoms. The van der Waals surface area contributed by atoms with Gasteiger partial charge >= 0.3 is 0 Å². The molecule has 0 unspecified atom stereocenters. The highest BCUT2D eigenvalue weighted by atomic mass is 35.5. The second-order valence-electron chi connectivity index (χ2n) is 4.86. The van der Waals surface area contributed by atoms with Gasteiger partial charge in [0.1, 0.15) is 0 Å². The molecule has 0 radical (unpaired) electrons. The molecule has 0 saturated carbocycles. The quantitative estimate of drug-likeness (QED) is 0.570. The zero-order valence-electron chi connectivity index (χ0n) is 13.0. The largest absolute Gasteiger partial charge is 0.343 e. The van der Waals surface area contributed by atoms with Crippen molar-refractivity contribution in [1.29, 1.82) is 0 Å². The molecule has 0 fully saturated rings. The average Bonchev–Trinajstić information content (AvgIpc) is 2.53. The highest BCUT2D eigenvalue weighted by Crippen LogP contribution is 2.09. The topological polar surface area (TPSA) is 70.6 Å². The van der Waals surface area contributed by atoms with Crippen molar-refractivity contribution in [1.82, 2.24) is 10.7 Å². The summed E-state index contributed by atoms with van der Waals surface area (Å²) in [5.41, 5.74) is 3.89. The number of nitrogens with one attached hydrogen (secondary N) is 2. The monoisotopic (exact) mass is 323 g/mol. The number of rotatable bonds is 8. The first-order valence-electron chi connectivity index (χ1n) is 7.44. The van der Waals surface area contributed by atoms with Gasteiger partial charge < -0.3 is 5.32 Å².